The zero-order chi connectivity index (χ0) is 19.7. The number of aryl methyl sites for hydroxylation is 1. The summed E-state index contributed by atoms with van der Waals surface area (Å²) in [6, 6.07) is 13.4. The van der Waals surface area contributed by atoms with Gasteiger partial charge in [-0.25, -0.2) is 4.79 Å². The minimum absolute atomic E-state index is 0.164. The van der Waals surface area contributed by atoms with E-state index in [1.165, 1.54) is 12.1 Å². The molecule has 0 spiro atoms. The van der Waals surface area contributed by atoms with Crippen LogP contribution in [0.3, 0.4) is 0 Å². The second-order valence-corrected chi connectivity index (χ2v) is 6.21. The van der Waals surface area contributed by atoms with Gasteiger partial charge in [-0.05, 0) is 37.3 Å². The third-order valence-electron chi connectivity index (χ3n) is 4.13. The molecule has 2 aromatic carbocycles. The fourth-order valence-corrected chi connectivity index (χ4v) is 2.79. The third kappa shape index (κ3) is 3.48. The van der Waals surface area contributed by atoms with E-state index >= 15 is 0 Å². The molecule has 2 N–H and O–H groups in total. The van der Waals surface area contributed by atoms with Crippen molar-refractivity contribution >= 4 is 33.5 Å². The predicted octanol–water partition coefficient (Wildman–Crippen LogP) is 3.98. The van der Waals surface area contributed by atoms with Gasteiger partial charge in [-0.2, -0.15) is 0 Å². The smallest absolute Gasteiger partial charge is 0.336 e. The number of H-pyrrole nitrogens is 1. The summed E-state index contributed by atoms with van der Waals surface area (Å²) in [6.07, 6.45) is 0. The third-order valence-corrected chi connectivity index (χ3v) is 4.13. The maximum atomic E-state index is 12.0. The van der Waals surface area contributed by atoms with E-state index in [0.29, 0.717) is 22.2 Å². The van der Waals surface area contributed by atoms with Crippen LogP contribution >= 0.6 is 0 Å². The van der Waals surface area contributed by atoms with Gasteiger partial charge in [-0.15, -0.1) is 10.2 Å². The molecule has 0 atom stereocenters. The van der Waals surface area contributed by atoms with Crippen LogP contribution in [0.1, 0.15) is 5.56 Å². The number of aromatic hydroxyl groups is 1. The normalized spacial score (nSPS) is 11.5. The number of ether oxygens (including phenoxy) is 1. The molecule has 0 unspecified atom stereocenters. The first kappa shape index (κ1) is 17.5. The van der Waals surface area contributed by atoms with Crippen LogP contribution in [0, 0.1) is 6.92 Å². The van der Waals surface area contributed by atoms with Crippen molar-refractivity contribution < 1.29 is 19.1 Å². The quantitative estimate of drug-likeness (QED) is 0.412. The Morgan fingerprint density at radius 2 is 2.00 bits per heavy atom. The summed E-state index contributed by atoms with van der Waals surface area (Å²) >= 11 is 0. The molecule has 0 fully saturated rings. The number of rotatable bonds is 4. The molecule has 0 saturated carbocycles. The first-order valence-corrected chi connectivity index (χ1v) is 8.42. The number of azo groups is 1. The number of carbonyl (C=O) groups excluding carboxylic acids is 1. The molecule has 1 amide bonds. The van der Waals surface area contributed by atoms with E-state index in [4.69, 9.17) is 9.15 Å². The van der Waals surface area contributed by atoms with Crippen LogP contribution < -0.4 is 10.4 Å². The Hall–Kier alpha value is -3.94. The summed E-state index contributed by atoms with van der Waals surface area (Å²) < 4.78 is 10.5. The van der Waals surface area contributed by atoms with Gasteiger partial charge < -0.3 is 19.2 Å². The Labute approximate surface area is 158 Å². The Morgan fingerprint density at radius 1 is 1.18 bits per heavy atom. The van der Waals surface area contributed by atoms with Crippen LogP contribution in [-0.2, 0) is 4.79 Å². The van der Waals surface area contributed by atoms with Crippen LogP contribution in [0.2, 0.25) is 0 Å². The zero-order valence-electron chi connectivity index (χ0n) is 14.8. The Bertz CT molecular complexity index is 1290. The summed E-state index contributed by atoms with van der Waals surface area (Å²) in [6.45, 7) is 1.56. The highest BCUT2D eigenvalue weighted by atomic mass is 16.5. The van der Waals surface area contributed by atoms with Gasteiger partial charge in [-0.3, -0.25) is 4.79 Å². The lowest BCUT2D eigenvalue weighted by molar-refractivity contribution is -0.120. The number of benzene rings is 2. The second-order valence-electron chi connectivity index (χ2n) is 6.21. The lowest BCUT2D eigenvalue weighted by Crippen LogP contribution is -2.07. The van der Waals surface area contributed by atoms with Crippen molar-refractivity contribution in [3.05, 3.63) is 64.5 Å². The van der Waals surface area contributed by atoms with Gasteiger partial charge in [-0.1, -0.05) is 11.6 Å². The molecular formula is C20H15N3O5. The maximum Gasteiger partial charge on any atom is 0.336 e. The summed E-state index contributed by atoms with van der Waals surface area (Å²) in [5, 5.41) is 18.9. The van der Waals surface area contributed by atoms with Gasteiger partial charge in [0.15, 0.2) is 12.3 Å². The molecule has 4 aromatic rings. The first-order chi connectivity index (χ1) is 13.5. The minimum Gasteiger partial charge on any atom is -0.493 e. The predicted molar refractivity (Wildman–Crippen MR) is 102 cm³/mol. The van der Waals surface area contributed by atoms with E-state index in [9.17, 15) is 14.7 Å². The Balaban J connectivity index is 1.48. The van der Waals surface area contributed by atoms with Crippen molar-refractivity contribution in [3.8, 4) is 11.6 Å². The molecule has 8 nitrogen and oxygen atoms in total. The van der Waals surface area contributed by atoms with E-state index in [2.05, 4.69) is 15.2 Å². The number of carbonyl (C=O) groups is 1. The van der Waals surface area contributed by atoms with Crippen molar-refractivity contribution in [1.29, 1.82) is 0 Å². The highest BCUT2D eigenvalue weighted by Crippen LogP contribution is 2.35. The molecule has 0 aliphatic rings. The lowest BCUT2D eigenvalue weighted by atomic mass is 10.2. The molecule has 0 bridgehead atoms. The highest BCUT2D eigenvalue weighted by Gasteiger charge is 2.11. The minimum atomic E-state index is -0.629. The number of aromatic amines is 1. The van der Waals surface area contributed by atoms with Crippen molar-refractivity contribution in [1.82, 2.24) is 4.98 Å². The zero-order valence-corrected chi connectivity index (χ0v) is 14.8. The molecule has 0 aliphatic carbocycles. The van der Waals surface area contributed by atoms with Gasteiger partial charge in [0.05, 0.1) is 5.52 Å². The average Bonchev–Trinajstić information content (AvgIpc) is 2.98. The second kappa shape index (κ2) is 6.99. The highest BCUT2D eigenvalue weighted by molar-refractivity contribution is 5.94. The van der Waals surface area contributed by atoms with Gasteiger partial charge in [0.2, 0.25) is 5.88 Å². The monoisotopic (exact) mass is 377 g/mol. The van der Waals surface area contributed by atoms with Crippen LogP contribution in [0.25, 0.3) is 21.9 Å². The largest absolute Gasteiger partial charge is 0.493 e. The van der Waals surface area contributed by atoms with E-state index in [-0.39, 0.29) is 18.2 Å². The fourth-order valence-electron chi connectivity index (χ4n) is 2.79. The van der Waals surface area contributed by atoms with Gasteiger partial charge >= 0.3 is 11.5 Å². The average molecular weight is 377 g/mol. The van der Waals surface area contributed by atoms with E-state index < -0.39 is 11.5 Å². The molecule has 28 heavy (non-hydrogen) atoms. The van der Waals surface area contributed by atoms with Crippen molar-refractivity contribution in [2.24, 2.45) is 10.2 Å². The number of hydrogen-bond acceptors (Lipinski definition) is 6. The molecule has 8 heteroatoms. The topological polar surface area (TPSA) is 117 Å². The molecule has 2 aromatic heterocycles. The van der Waals surface area contributed by atoms with Crippen molar-refractivity contribution in [2.75, 3.05) is 6.61 Å². The maximum absolute atomic E-state index is 12.0. The van der Waals surface area contributed by atoms with Gasteiger partial charge in [0.1, 0.15) is 11.3 Å². The van der Waals surface area contributed by atoms with Crippen LogP contribution in [0.15, 0.2) is 68.0 Å². The van der Waals surface area contributed by atoms with Crippen LogP contribution in [-0.4, -0.2) is 22.6 Å². The SMILES string of the molecule is Cc1ccc2[nH]c(O)c(N=NC(=O)COc3ccc4ccc(=O)oc4c3)c2c1. The van der Waals surface area contributed by atoms with Gasteiger partial charge in [0.25, 0.3) is 0 Å². The molecule has 2 heterocycles. The Kier molecular flexibility index (Phi) is 4.36. The number of amides is 1. The number of nitrogens with zero attached hydrogens (tertiary/aromatic N) is 2. The fraction of sp³-hybridized carbons (Fsp3) is 0.100. The van der Waals surface area contributed by atoms with Crippen molar-refractivity contribution in [2.45, 2.75) is 6.92 Å². The van der Waals surface area contributed by atoms with Crippen LogP contribution in [0.5, 0.6) is 11.6 Å². The summed E-state index contributed by atoms with van der Waals surface area (Å²) in [4.78, 5) is 26.1. The molecule has 0 aliphatic heterocycles. The summed E-state index contributed by atoms with van der Waals surface area (Å²) in [5.74, 6) is -0.436. The summed E-state index contributed by atoms with van der Waals surface area (Å²) in [7, 11) is 0. The standard InChI is InChI=1S/C20H15N3O5/c1-11-2-6-15-14(8-11)19(20(26)21-15)23-22-17(24)10-27-13-5-3-12-4-7-18(25)28-16(12)9-13/h2-9,21,26H,10H2,1H3. The number of nitrogens with one attached hydrogen (secondary N) is 1. The van der Waals surface area contributed by atoms with Gasteiger partial charge in [0, 0.05) is 22.9 Å². The molecule has 0 radical (unpaired) electrons. The number of fused-ring (bicyclic) bond motifs is 2. The first-order valence-electron chi connectivity index (χ1n) is 8.42. The lowest BCUT2D eigenvalue weighted by Gasteiger charge is -2.04. The van der Waals surface area contributed by atoms with E-state index in [1.807, 2.05) is 25.1 Å². The molecular weight excluding hydrogens is 362 g/mol. The molecule has 0 saturated heterocycles. The Morgan fingerprint density at radius 3 is 2.86 bits per heavy atom. The summed E-state index contributed by atoms with van der Waals surface area (Å²) in [5.41, 5.74) is 1.76. The number of aromatic nitrogens is 1. The molecule has 140 valence electrons. The van der Waals surface area contributed by atoms with Crippen molar-refractivity contribution in [3.63, 3.8) is 0 Å². The van der Waals surface area contributed by atoms with E-state index in [1.54, 1.807) is 18.2 Å². The number of hydrogen-bond donors (Lipinski definition) is 2. The van der Waals surface area contributed by atoms with Crippen LogP contribution in [0.4, 0.5) is 5.69 Å². The molecule has 4 rings (SSSR count). The van der Waals surface area contributed by atoms with E-state index in [0.717, 1.165) is 10.9 Å².